The highest BCUT2D eigenvalue weighted by Crippen LogP contribution is 2.18. The number of hydrogen-bond donors (Lipinski definition) is 20. The fourth-order valence-electron chi connectivity index (χ4n) is 10.6. The molecule has 104 heavy (non-hydrogen) atoms. The normalized spacial score (nSPS) is 15.4. The summed E-state index contributed by atoms with van der Waals surface area (Å²) in [5, 5.41) is 96.2. The quantitative estimate of drug-likeness (QED) is 0.0165. The van der Waals surface area contributed by atoms with Crippen molar-refractivity contribution >= 4 is 82.9 Å². The molecule has 1 rings (SSSR count). The third kappa shape index (κ3) is 33.2. The Labute approximate surface area is 608 Å². The number of aliphatic hydroxyl groups excluding tert-OH is 4. The number of ether oxygens (including phenoxy) is 1. The molecule has 0 bridgehead atoms. The monoisotopic (exact) mass is 1480 g/mol. The first kappa shape index (κ1) is 93.0. The number of aliphatic hydroxyl groups is 4. The van der Waals surface area contributed by atoms with Crippen LogP contribution in [0.5, 0.6) is 5.75 Å². The molecule has 1 aromatic rings. The first-order valence-corrected chi connectivity index (χ1v) is 34.7. The summed E-state index contributed by atoms with van der Waals surface area (Å²) in [6.07, 6.45) is -5.80. The summed E-state index contributed by atoms with van der Waals surface area (Å²) in [4.78, 5) is 175. The van der Waals surface area contributed by atoms with Gasteiger partial charge in [0.2, 0.25) is 65.0 Å². The average Bonchev–Trinajstić information content (AvgIpc) is 0.838. The second-order valence-electron chi connectivity index (χ2n) is 27.7. The lowest BCUT2D eigenvalue weighted by atomic mass is 9.96. The van der Waals surface area contributed by atoms with E-state index in [9.17, 15) is 88.2 Å². The first-order chi connectivity index (χ1) is 48.5. The van der Waals surface area contributed by atoms with Gasteiger partial charge in [-0.15, -0.1) is 0 Å². The number of carboxylic acids is 1. The second kappa shape index (κ2) is 46.6. The van der Waals surface area contributed by atoms with E-state index < -0.39 is 187 Å². The largest absolute Gasteiger partial charge is 0.508 e. The van der Waals surface area contributed by atoms with Crippen LogP contribution in [0.25, 0.3) is 0 Å². The summed E-state index contributed by atoms with van der Waals surface area (Å²) in [5.41, 5.74) is 17.4. The molecule has 37 nitrogen and oxygen atoms in total. The Balaban J connectivity index is 3.67. The van der Waals surface area contributed by atoms with Gasteiger partial charge >= 0.3 is 5.97 Å². The summed E-state index contributed by atoms with van der Waals surface area (Å²) in [6.45, 7) is 15.1. The number of nitrogens with zero attached hydrogens (tertiary/aromatic N) is 4. The Kier molecular flexibility index (Phi) is 41.7. The summed E-state index contributed by atoms with van der Waals surface area (Å²) in [5.74, 6) is -15.6. The number of carbonyl (C=O) groups excluding carboxylic acids is 11. The van der Waals surface area contributed by atoms with Gasteiger partial charge in [0.1, 0.15) is 54.1 Å². The van der Waals surface area contributed by atoms with E-state index in [0.29, 0.717) is 22.8 Å². The zero-order valence-corrected chi connectivity index (χ0v) is 62.6. The molecule has 0 spiro atoms. The van der Waals surface area contributed by atoms with E-state index in [1.54, 1.807) is 85.6 Å². The predicted octanol–water partition coefficient (Wildman–Crippen LogP) is -5.28. The molecule has 1 aromatic carbocycles. The van der Waals surface area contributed by atoms with Crippen molar-refractivity contribution in [2.75, 3.05) is 74.2 Å². The van der Waals surface area contributed by atoms with Gasteiger partial charge in [0.05, 0.1) is 51.2 Å². The summed E-state index contributed by atoms with van der Waals surface area (Å²) >= 11 is 0. The number of aliphatic carboxylic acids is 1. The number of carboxylic acid groups (broad SMARTS) is 1. The van der Waals surface area contributed by atoms with E-state index in [2.05, 4.69) is 52.8 Å². The van der Waals surface area contributed by atoms with Gasteiger partial charge < -0.3 is 120 Å². The van der Waals surface area contributed by atoms with Gasteiger partial charge in [-0.1, -0.05) is 87.8 Å². The SMILES string of the molecule is CC[C@H](C)[C@H](NC(=O)[C@@H](CCCNC(=N)N)NC(=O)[C@H](CC(C)C)NC(=O)[C@@H](NC(=O)[C@H](Cc1cccc(O)c1)NC(=O)[C@H](CC(C)C)NC(=O)[C@H](N)CC(C)C)C(O)C(C)C)C(=O)N[C@H](C(=O)NCC(=O)N[C@H](C(=O)N(CCOCCN=C(N(C)C)N(C)C)[C@@H](CO)C(=O)O)C(O)C(N)=O)[C@H](C)O. The van der Waals surface area contributed by atoms with Crippen molar-refractivity contribution in [1.82, 2.24) is 67.9 Å². The van der Waals surface area contributed by atoms with Crippen LogP contribution in [0.1, 0.15) is 120 Å². The fourth-order valence-corrected chi connectivity index (χ4v) is 10.6. The number of benzene rings is 1. The van der Waals surface area contributed by atoms with Crippen molar-refractivity contribution in [1.29, 1.82) is 5.41 Å². The van der Waals surface area contributed by atoms with Gasteiger partial charge in [0.15, 0.2) is 24.1 Å². The molecular weight excluding hydrogens is 1360 g/mol. The van der Waals surface area contributed by atoms with Crippen LogP contribution < -0.4 is 70.4 Å². The molecule has 0 aliphatic rings. The number of phenols is 1. The topological polar surface area (TPSA) is 580 Å². The lowest BCUT2D eigenvalue weighted by molar-refractivity contribution is -0.156. The average molecular weight is 1480 g/mol. The molecule has 23 N–H and O–H groups in total. The molecule has 14 atom stereocenters. The van der Waals surface area contributed by atoms with Crippen molar-refractivity contribution < 1.29 is 92.9 Å². The highest BCUT2D eigenvalue weighted by molar-refractivity contribution is 6.00. The van der Waals surface area contributed by atoms with Crippen LogP contribution in [-0.2, 0) is 68.7 Å². The van der Waals surface area contributed by atoms with E-state index in [1.807, 2.05) is 33.0 Å². The van der Waals surface area contributed by atoms with Gasteiger partial charge in [-0.2, -0.15) is 0 Å². The molecule has 0 heterocycles. The van der Waals surface area contributed by atoms with E-state index >= 15 is 0 Å². The predicted molar refractivity (Wildman–Crippen MR) is 384 cm³/mol. The Bertz CT molecular complexity index is 3020. The van der Waals surface area contributed by atoms with Crippen molar-refractivity contribution in [3.63, 3.8) is 0 Å². The minimum Gasteiger partial charge on any atom is -0.508 e. The van der Waals surface area contributed by atoms with Crippen molar-refractivity contribution in [3.8, 4) is 5.75 Å². The molecule has 0 aliphatic heterocycles. The molecule has 0 radical (unpaired) electrons. The zero-order chi connectivity index (χ0) is 79.6. The number of nitrogens with one attached hydrogen (secondary N) is 11. The summed E-state index contributed by atoms with van der Waals surface area (Å²) in [6, 6.07) is -10.5. The van der Waals surface area contributed by atoms with Crippen molar-refractivity contribution in [2.24, 2.45) is 51.8 Å². The number of phenolic OH excluding ortho intramolecular Hbond substituents is 1. The summed E-state index contributed by atoms with van der Waals surface area (Å²) in [7, 11) is 7.06. The van der Waals surface area contributed by atoms with Crippen LogP contribution in [0.2, 0.25) is 0 Å². The van der Waals surface area contributed by atoms with E-state index in [4.69, 9.17) is 27.3 Å². The molecule has 11 amide bonds. The standard InChI is InChI=1S/C67H118N18O19/c1-16-38(10)49(62(99)81-50(39(11)87)61(98)74-32-48(89)79-52(54(91)55(69)92)64(101)85(47(33-86)65(102)103)24-26-104-25-23-73-67(83(12)13)84(14)15)80-57(94)43(21-18-22-72-66(70)71)75-58(95)45(29-36(6)7)78-63(100)51(53(90)37(8)9)82-60(97)46(31-40-19-17-20-41(88)30-40)77-59(96)44(28-35(4)5)76-56(93)42(68)27-34(2)3/h17,19-20,30,34-39,42-47,49-54,86-88,90-91H,16,18,21-29,31-33,68H2,1-15H3,(H2,69,92)(H,74,98)(H,75,95)(H,76,93)(H,77,96)(H,78,100)(H,79,89)(H,80,94)(H,81,99)(H,82,97)(H,102,103)(H4,70,71,72)/t38-,39-,42+,43+,44-,45-,46-,47-,49-,50-,51-,52-,53?,54?/m0/s1. The van der Waals surface area contributed by atoms with Crippen LogP contribution in [0.4, 0.5) is 0 Å². The maximum atomic E-state index is 14.7. The third-order valence-electron chi connectivity index (χ3n) is 16.3. The Morgan fingerprint density at radius 2 is 1.12 bits per heavy atom. The Hall–Kier alpha value is -9.04. The highest BCUT2D eigenvalue weighted by atomic mass is 16.5. The number of guanidine groups is 2. The van der Waals surface area contributed by atoms with Gasteiger partial charge in [0, 0.05) is 47.7 Å². The minimum absolute atomic E-state index is 0.00122. The number of hydrogen-bond acceptors (Lipinski definition) is 21. The van der Waals surface area contributed by atoms with Gasteiger partial charge in [0.25, 0.3) is 0 Å². The third-order valence-corrected chi connectivity index (χ3v) is 16.3. The molecule has 590 valence electrons. The lowest BCUT2D eigenvalue weighted by Crippen LogP contribution is -2.63. The summed E-state index contributed by atoms with van der Waals surface area (Å²) < 4.78 is 5.56. The number of aromatic hydroxyl groups is 1. The highest BCUT2D eigenvalue weighted by Gasteiger charge is 2.42. The smallest absolute Gasteiger partial charge is 0.328 e. The van der Waals surface area contributed by atoms with E-state index in [1.165, 1.54) is 18.2 Å². The number of primary amides is 1. The van der Waals surface area contributed by atoms with Gasteiger partial charge in [-0.25, -0.2) is 4.79 Å². The number of nitrogens with two attached hydrogens (primary N) is 3. The molecule has 0 saturated carbocycles. The van der Waals surface area contributed by atoms with Crippen LogP contribution in [0.15, 0.2) is 29.3 Å². The zero-order valence-electron chi connectivity index (χ0n) is 62.6. The van der Waals surface area contributed by atoms with Gasteiger partial charge in [-0.05, 0) is 86.3 Å². The Morgan fingerprint density at radius 3 is 1.62 bits per heavy atom. The molecule has 37 heteroatoms. The lowest BCUT2D eigenvalue weighted by Gasteiger charge is -2.32. The first-order valence-electron chi connectivity index (χ1n) is 34.7. The maximum Gasteiger partial charge on any atom is 0.328 e. The van der Waals surface area contributed by atoms with Crippen LogP contribution in [0.3, 0.4) is 0 Å². The second-order valence-corrected chi connectivity index (χ2v) is 27.7. The van der Waals surface area contributed by atoms with Crippen LogP contribution in [-0.4, -0.2) is 281 Å². The molecular formula is C67H118N18O19. The van der Waals surface area contributed by atoms with Crippen LogP contribution in [0, 0.1) is 35.0 Å². The number of rotatable bonds is 47. The molecule has 2 unspecified atom stereocenters. The maximum absolute atomic E-state index is 14.7. The van der Waals surface area contributed by atoms with Crippen LogP contribution >= 0.6 is 0 Å². The minimum atomic E-state index is -2.51. The van der Waals surface area contributed by atoms with E-state index in [0.717, 1.165) is 6.92 Å². The number of carbonyl (C=O) groups is 12. The van der Waals surface area contributed by atoms with Crippen molar-refractivity contribution in [3.05, 3.63) is 29.8 Å². The Morgan fingerprint density at radius 1 is 0.615 bits per heavy atom. The fraction of sp³-hybridized carbons (Fsp3) is 0.701. The number of aliphatic imine (C=N–C) groups is 1. The van der Waals surface area contributed by atoms with E-state index in [-0.39, 0.29) is 88.3 Å². The van der Waals surface area contributed by atoms with Gasteiger partial charge in [-0.3, -0.25) is 63.1 Å². The molecule has 0 saturated heterocycles. The number of amides is 11. The van der Waals surface area contributed by atoms with Crippen molar-refractivity contribution in [2.45, 2.75) is 200 Å². The molecule has 0 fully saturated rings. The molecule has 0 aliphatic carbocycles. The molecule has 0 aromatic heterocycles.